The predicted octanol–water partition coefficient (Wildman–Crippen LogP) is 3.98. The third-order valence-electron chi connectivity index (χ3n) is 3.79. The maximum absolute atomic E-state index is 5.58. The van der Waals surface area contributed by atoms with Crippen LogP contribution in [0.5, 0.6) is 0 Å². The number of hydrogen-bond donors (Lipinski definition) is 1. The molecule has 104 valence electrons. The first kappa shape index (κ1) is 14.3. The van der Waals surface area contributed by atoms with E-state index in [0.717, 1.165) is 35.7 Å². The SMILES string of the molecule is Cc1ccc(C)c(NC(=S)N2CC(C)CC(C)C2)c1. The summed E-state index contributed by atoms with van der Waals surface area (Å²) in [5.41, 5.74) is 3.64. The van der Waals surface area contributed by atoms with Crippen molar-refractivity contribution >= 4 is 23.0 Å². The van der Waals surface area contributed by atoms with Gasteiger partial charge >= 0.3 is 0 Å². The van der Waals surface area contributed by atoms with Crippen molar-refractivity contribution in [1.82, 2.24) is 4.90 Å². The number of thiocarbonyl (C=S) groups is 1. The summed E-state index contributed by atoms with van der Waals surface area (Å²) in [5.74, 6) is 1.45. The van der Waals surface area contributed by atoms with Crippen LogP contribution in [0.4, 0.5) is 5.69 Å². The molecule has 1 aliphatic heterocycles. The maximum Gasteiger partial charge on any atom is 0.173 e. The number of piperidine rings is 1. The van der Waals surface area contributed by atoms with E-state index in [-0.39, 0.29) is 0 Å². The molecule has 1 fully saturated rings. The summed E-state index contributed by atoms with van der Waals surface area (Å²) in [6, 6.07) is 6.44. The molecule has 1 aromatic rings. The minimum Gasteiger partial charge on any atom is -0.348 e. The van der Waals surface area contributed by atoms with Crippen LogP contribution in [0.25, 0.3) is 0 Å². The smallest absolute Gasteiger partial charge is 0.173 e. The molecule has 3 heteroatoms. The van der Waals surface area contributed by atoms with E-state index < -0.39 is 0 Å². The number of aryl methyl sites for hydroxylation is 2. The lowest BCUT2D eigenvalue weighted by atomic mass is 9.92. The average molecular weight is 276 g/mol. The lowest BCUT2D eigenvalue weighted by molar-refractivity contribution is 0.216. The van der Waals surface area contributed by atoms with Crippen LogP contribution in [-0.4, -0.2) is 23.1 Å². The van der Waals surface area contributed by atoms with Crippen LogP contribution in [-0.2, 0) is 0 Å². The molecule has 0 aromatic heterocycles. The molecule has 19 heavy (non-hydrogen) atoms. The van der Waals surface area contributed by atoms with Gasteiger partial charge in [0.05, 0.1) is 0 Å². The van der Waals surface area contributed by atoms with Crippen molar-refractivity contribution in [3.8, 4) is 0 Å². The molecular weight excluding hydrogens is 252 g/mol. The summed E-state index contributed by atoms with van der Waals surface area (Å²) >= 11 is 5.58. The number of nitrogens with one attached hydrogen (secondary N) is 1. The largest absolute Gasteiger partial charge is 0.348 e. The Morgan fingerprint density at radius 2 is 1.84 bits per heavy atom. The molecule has 2 atom stereocenters. The summed E-state index contributed by atoms with van der Waals surface area (Å²) in [7, 11) is 0. The van der Waals surface area contributed by atoms with E-state index in [4.69, 9.17) is 12.2 Å². The summed E-state index contributed by atoms with van der Waals surface area (Å²) in [5, 5.41) is 4.29. The Morgan fingerprint density at radius 1 is 1.21 bits per heavy atom. The number of benzene rings is 1. The summed E-state index contributed by atoms with van der Waals surface area (Å²) in [6.07, 6.45) is 1.31. The average Bonchev–Trinajstić information content (AvgIpc) is 2.32. The predicted molar refractivity (Wildman–Crippen MR) is 86.7 cm³/mol. The standard InChI is InChI=1S/C16H24N2S/c1-11-5-6-14(4)15(8-11)17-16(19)18-9-12(2)7-13(3)10-18/h5-6,8,12-13H,7,9-10H2,1-4H3,(H,17,19). The Hall–Kier alpha value is -1.09. The van der Waals surface area contributed by atoms with Crippen molar-refractivity contribution < 1.29 is 0 Å². The number of anilines is 1. The topological polar surface area (TPSA) is 15.3 Å². The van der Waals surface area contributed by atoms with Crippen LogP contribution < -0.4 is 5.32 Å². The van der Waals surface area contributed by atoms with Crippen LogP contribution in [0.3, 0.4) is 0 Å². The van der Waals surface area contributed by atoms with Crippen LogP contribution in [0, 0.1) is 25.7 Å². The van der Waals surface area contributed by atoms with Crippen molar-refractivity contribution in [2.45, 2.75) is 34.1 Å². The zero-order chi connectivity index (χ0) is 14.0. The molecular formula is C16H24N2S. The Bertz CT molecular complexity index is 460. The first-order valence-corrected chi connectivity index (χ1v) is 7.49. The fourth-order valence-corrected chi connectivity index (χ4v) is 3.15. The van der Waals surface area contributed by atoms with E-state index in [2.05, 4.69) is 56.1 Å². The van der Waals surface area contributed by atoms with Gasteiger partial charge < -0.3 is 10.2 Å². The quantitative estimate of drug-likeness (QED) is 0.781. The third kappa shape index (κ3) is 3.69. The molecule has 0 spiro atoms. The molecule has 1 heterocycles. The highest BCUT2D eigenvalue weighted by Gasteiger charge is 2.23. The fourth-order valence-electron chi connectivity index (χ4n) is 2.89. The van der Waals surface area contributed by atoms with E-state index in [9.17, 15) is 0 Å². The lowest BCUT2D eigenvalue weighted by Gasteiger charge is -2.36. The molecule has 2 unspecified atom stereocenters. The molecule has 0 saturated carbocycles. The first-order valence-electron chi connectivity index (χ1n) is 7.09. The highest BCUT2D eigenvalue weighted by molar-refractivity contribution is 7.80. The van der Waals surface area contributed by atoms with E-state index >= 15 is 0 Å². The van der Waals surface area contributed by atoms with Crippen molar-refractivity contribution in [2.75, 3.05) is 18.4 Å². The van der Waals surface area contributed by atoms with Crippen LogP contribution in [0.2, 0.25) is 0 Å². The van der Waals surface area contributed by atoms with Gasteiger partial charge in [-0.05, 0) is 61.5 Å². The van der Waals surface area contributed by atoms with E-state index in [0.29, 0.717) is 0 Å². The van der Waals surface area contributed by atoms with Gasteiger partial charge in [-0.2, -0.15) is 0 Å². The van der Waals surface area contributed by atoms with Gasteiger partial charge in [0.25, 0.3) is 0 Å². The van der Waals surface area contributed by atoms with E-state index in [1.54, 1.807) is 0 Å². The number of likely N-dealkylation sites (tertiary alicyclic amines) is 1. The Labute approximate surface area is 122 Å². The molecule has 0 bridgehead atoms. The molecule has 2 rings (SSSR count). The second-order valence-corrected chi connectivity index (χ2v) is 6.49. The van der Waals surface area contributed by atoms with E-state index in [1.165, 1.54) is 17.5 Å². The lowest BCUT2D eigenvalue weighted by Crippen LogP contribution is -2.44. The van der Waals surface area contributed by atoms with Crippen molar-refractivity contribution in [2.24, 2.45) is 11.8 Å². The molecule has 1 saturated heterocycles. The van der Waals surface area contributed by atoms with Crippen LogP contribution in [0.1, 0.15) is 31.4 Å². The minimum atomic E-state index is 0.724. The van der Waals surface area contributed by atoms with Gasteiger partial charge in [-0.25, -0.2) is 0 Å². The molecule has 0 radical (unpaired) electrons. The maximum atomic E-state index is 5.58. The summed E-state index contributed by atoms with van der Waals surface area (Å²) in [4.78, 5) is 2.32. The van der Waals surface area contributed by atoms with Crippen LogP contribution >= 0.6 is 12.2 Å². The minimum absolute atomic E-state index is 0.724. The highest BCUT2D eigenvalue weighted by atomic mass is 32.1. The highest BCUT2D eigenvalue weighted by Crippen LogP contribution is 2.23. The van der Waals surface area contributed by atoms with E-state index in [1.807, 2.05) is 0 Å². The molecule has 0 aliphatic carbocycles. The van der Waals surface area contributed by atoms with Crippen molar-refractivity contribution in [3.05, 3.63) is 29.3 Å². The van der Waals surface area contributed by atoms with Gasteiger partial charge in [0.2, 0.25) is 0 Å². The van der Waals surface area contributed by atoms with Gasteiger partial charge in [0.15, 0.2) is 5.11 Å². The first-order chi connectivity index (χ1) is 8.95. The summed E-state index contributed by atoms with van der Waals surface area (Å²) < 4.78 is 0. The van der Waals surface area contributed by atoms with Crippen LogP contribution in [0.15, 0.2) is 18.2 Å². The normalized spacial score (nSPS) is 23.3. The Balaban J connectivity index is 2.06. The Kier molecular flexibility index (Phi) is 4.46. The molecule has 2 nitrogen and oxygen atoms in total. The number of hydrogen-bond acceptors (Lipinski definition) is 1. The molecule has 1 aromatic carbocycles. The van der Waals surface area contributed by atoms with Gasteiger partial charge in [0.1, 0.15) is 0 Å². The fraction of sp³-hybridized carbons (Fsp3) is 0.562. The number of rotatable bonds is 1. The van der Waals surface area contributed by atoms with Gasteiger partial charge in [0, 0.05) is 18.8 Å². The van der Waals surface area contributed by atoms with Gasteiger partial charge in [-0.1, -0.05) is 26.0 Å². The number of nitrogens with zero attached hydrogens (tertiary/aromatic N) is 1. The zero-order valence-corrected chi connectivity index (χ0v) is 13.2. The summed E-state index contributed by atoms with van der Waals surface area (Å²) in [6.45, 7) is 11.0. The second-order valence-electron chi connectivity index (χ2n) is 6.10. The monoisotopic (exact) mass is 276 g/mol. The second kappa shape index (κ2) is 5.91. The molecule has 1 N–H and O–H groups in total. The van der Waals surface area contributed by atoms with Gasteiger partial charge in [-0.15, -0.1) is 0 Å². The Morgan fingerprint density at radius 3 is 2.47 bits per heavy atom. The zero-order valence-electron chi connectivity index (χ0n) is 12.4. The van der Waals surface area contributed by atoms with Gasteiger partial charge in [-0.3, -0.25) is 0 Å². The molecule has 1 aliphatic rings. The van der Waals surface area contributed by atoms with Crippen molar-refractivity contribution in [3.63, 3.8) is 0 Å². The van der Waals surface area contributed by atoms with Crippen molar-refractivity contribution in [1.29, 1.82) is 0 Å². The molecule has 0 amide bonds. The third-order valence-corrected chi connectivity index (χ3v) is 4.15.